The number of anilines is 2. The molecule has 2 atom stereocenters. The summed E-state index contributed by atoms with van der Waals surface area (Å²) in [5.41, 5.74) is -1.12. The first-order valence-corrected chi connectivity index (χ1v) is 15.7. The summed E-state index contributed by atoms with van der Waals surface area (Å²) in [6.07, 6.45) is 19.2. The number of hydrogen-bond acceptors (Lipinski definition) is 8. The highest BCUT2D eigenvalue weighted by atomic mass is 16.3. The molecular weight excluding hydrogens is 476 g/mol. The molecule has 0 aromatic carbocycles. The summed E-state index contributed by atoms with van der Waals surface area (Å²) in [6, 6.07) is 3.35. The minimum Gasteiger partial charge on any atom is -0.382 e. The number of hydrogen-bond donors (Lipinski definition) is 3. The summed E-state index contributed by atoms with van der Waals surface area (Å²) in [7, 11) is 0. The Hall–Kier alpha value is -1.77. The largest absolute Gasteiger partial charge is 0.382 e. The van der Waals surface area contributed by atoms with Crippen molar-refractivity contribution in [3.05, 3.63) is 12.3 Å². The number of Topliss-reactive ketones (excluding diaryl/α,β-unsaturated/α-hetero) is 1. The fourth-order valence-electron chi connectivity index (χ4n) is 7.37. The van der Waals surface area contributed by atoms with Gasteiger partial charge in [-0.1, -0.05) is 32.1 Å². The summed E-state index contributed by atoms with van der Waals surface area (Å²) in [5.74, 6) is 1.83. The van der Waals surface area contributed by atoms with Gasteiger partial charge in [-0.15, -0.1) is 0 Å². The van der Waals surface area contributed by atoms with Crippen LogP contribution in [0.25, 0.3) is 0 Å². The van der Waals surface area contributed by atoms with E-state index in [1.807, 2.05) is 6.20 Å². The van der Waals surface area contributed by atoms with E-state index >= 15 is 0 Å². The Labute approximate surface area is 229 Å². The molecule has 38 heavy (non-hydrogen) atoms. The van der Waals surface area contributed by atoms with E-state index in [1.54, 1.807) is 0 Å². The Kier molecular flexibility index (Phi) is 9.89. The molecule has 8 nitrogen and oxygen atoms in total. The molecule has 1 aliphatic carbocycles. The topological polar surface area (TPSA) is 93.6 Å². The molecule has 0 spiro atoms. The van der Waals surface area contributed by atoms with E-state index in [2.05, 4.69) is 31.5 Å². The second-order valence-electron chi connectivity index (χ2n) is 12.2. The molecule has 5 rings (SSSR count). The number of piperidine rings is 2. The molecule has 1 saturated carbocycles. The van der Waals surface area contributed by atoms with Gasteiger partial charge in [0.15, 0.2) is 5.78 Å². The summed E-state index contributed by atoms with van der Waals surface area (Å²) >= 11 is 0. The molecule has 4 aliphatic rings. The van der Waals surface area contributed by atoms with Gasteiger partial charge in [0.1, 0.15) is 11.4 Å². The molecule has 212 valence electrons. The average molecular weight is 527 g/mol. The van der Waals surface area contributed by atoms with E-state index in [0.29, 0.717) is 31.3 Å². The molecule has 4 fully saturated rings. The van der Waals surface area contributed by atoms with Gasteiger partial charge in [-0.25, -0.2) is 4.98 Å². The van der Waals surface area contributed by atoms with Gasteiger partial charge in [0, 0.05) is 43.8 Å². The van der Waals surface area contributed by atoms with Gasteiger partial charge < -0.3 is 20.6 Å². The molecule has 3 N–H and O–H groups in total. The number of ketones is 1. The van der Waals surface area contributed by atoms with Crippen molar-refractivity contribution in [2.24, 2.45) is 0 Å². The molecule has 8 heteroatoms. The van der Waals surface area contributed by atoms with Crippen molar-refractivity contribution in [3.8, 4) is 0 Å². The molecule has 0 bridgehead atoms. The molecule has 0 radical (unpaired) electrons. The van der Waals surface area contributed by atoms with Crippen LogP contribution in [0.4, 0.5) is 11.8 Å². The number of carbonyl (C=O) groups is 1. The first-order chi connectivity index (χ1) is 18.6. The Morgan fingerprint density at radius 3 is 2.50 bits per heavy atom. The van der Waals surface area contributed by atoms with E-state index in [9.17, 15) is 9.90 Å². The van der Waals surface area contributed by atoms with Crippen LogP contribution in [0.3, 0.4) is 0 Å². The minimum atomic E-state index is -1.12. The van der Waals surface area contributed by atoms with Crippen molar-refractivity contribution < 1.29 is 9.90 Å². The lowest BCUT2D eigenvalue weighted by atomic mass is 9.83. The van der Waals surface area contributed by atoms with Crippen molar-refractivity contribution >= 4 is 17.5 Å². The molecule has 3 aliphatic heterocycles. The summed E-state index contributed by atoms with van der Waals surface area (Å²) in [4.78, 5) is 27.8. The smallest absolute Gasteiger partial charge is 0.224 e. The standard InChI is InChI=1S/C30H50N6O2/c37-27(30(38)16-19-31-20-17-30)14-8-13-26-25(12-9-23-36(26)24-10-4-3-5-11-24)33-29-32-18-15-28(34-29)35-21-6-1-2-7-22-35/h15,18,24-26,31,38H,1-14,16-17,19-23H2,(H,32,33,34)/t25-,26+/m0/s1. The van der Waals surface area contributed by atoms with Gasteiger partial charge in [-0.3, -0.25) is 9.69 Å². The third-order valence-corrected chi connectivity index (χ3v) is 9.60. The minimum absolute atomic E-state index is 0.0389. The highest BCUT2D eigenvalue weighted by Gasteiger charge is 2.38. The first-order valence-electron chi connectivity index (χ1n) is 15.7. The zero-order valence-corrected chi connectivity index (χ0v) is 23.4. The summed E-state index contributed by atoms with van der Waals surface area (Å²) in [5, 5.41) is 17.9. The Bertz CT molecular complexity index is 877. The molecule has 4 heterocycles. The molecule has 0 unspecified atom stereocenters. The van der Waals surface area contributed by atoms with E-state index in [-0.39, 0.29) is 11.8 Å². The fourth-order valence-corrected chi connectivity index (χ4v) is 7.37. The van der Waals surface area contributed by atoms with Crippen molar-refractivity contribution in [2.75, 3.05) is 42.9 Å². The molecule has 1 aromatic heterocycles. The highest BCUT2D eigenvalue weighted by molar-refractivity contribution is 5.87. The average Bonchev–Trinajstić information content (AvgIpc) is 3.25. The maximum atomic E-state index is 13.0. The van der Waals surface area contributed by atoms with Gasteiger partial charge in [0.25, 0.3) is 0 Å². The number of aromatic nitrogens is 2. The first kappa shape index (κ1) is 27.8. The Morgan fingerprint density at radius 1 is 1.00 bits per heavy atom. The number of rotatable bonds is 9. The van der Waals surface area contributed by atoms with E-state index in [4.69, 9.17) is 4.98 Å². The Balaban J connectivity index is 1.26. The third-order valence-electron chi connectivity index (χ3n) is 9.60. The van der Waals surface area contributed by atoms with Crippen molar-refractivity contribution in [1.29, 1.82) is 0 Å². The second kappa shape index (κ2) is 13.5. The maximum absolute atomic E-state index is 13.0. The monoisotopic (exact) mass is 526 g/mol. The molecule has 0 amide bonds. The van der Waals surface area contributed by atoms with Crippen molar-refractivity contribution in [3.63, 3.8) is 0 Å². The zero-order chi connectivity index (χ0) is 26.2. The zero-order valence-electron chi connectivity index (χ0n) is 23.4. The lowest BCUT2D eigenvalue weighted by Crippen LogP contribution is -2.55. The number of aliphatic hydroxyl groups is 1. The van der Waals surface area contributed by atoms with Crippen LogP contribution in [-0.4, -0.2) is 82.2 Å². The van der Waals surface area contributed by atoms with Crippen LogP contribution in [0.5, 0.6) is 0 Å². The fraction of sp³-hybridized carbons (Fsp3) is 0.833. The number of nitrogens with zero attached hydrogens (tertiary/aromatic N) is 4. The van der Waals surface area contributed by atoms with Crippen LogP contribution in [0, 0.1) is 0 Å². The highest BCUT2D eigenvalue weighted by Crippen LogP contribution is 2.33. The van der Waals surface area contributed by atoms with Gasteiger partial charge in [0.05, 0.1) is 0 Å². The summed E-state index contributed by atoms with van der Waals surface area (Å²) in [6.45, 7) is 4.75. The normalized spacial score (nSPS) is 27.6. The van der Waals surface area contributed by atoms with Crippen molar-refractivity contribution in [2.45, 2.75) is 126 Å². The van der Waals surface area contributed by atoms with Crippen LogP contribution in [0.2, 0.25) is 0 Å². The van der Waals surface area contributed by atoms with Gasteiger partial charge >= 0.3 is 0 Å². The lowest BCUT2D eigenvalue weighted by Gasteiger charge is -2.47. The molecule has 1 aromatic rings. The van der Waals surface area contributed by atoms with E-state index in [0.717, 1.165) is 63.8 Å². The molecule has 3 saturated heterocycles. The van der Waals surface area contributed by atoms with Crippen LogP contribution in [0.1, 0.15) is 103 Å². The number of likely N-dealkylation sites (tertiary alicyclic amines) is 1. The third kappa shape index (κ3) is 7.05. The quantitative estimate of drug-likeness (QED) is 0.439. The number of carbonyl (C=O) groups excluding carboxylic acids is 1. The van der Waals surface area contributed by atoms with Gasteiger partial charge in [-0.05, 0) is 89.9 Å². The predicted molar refractivity (Wildman–Crippen MR) is 153 cm³/mol. The van der Waals surface area contributed by atoms with Crippen LogP contribution >= 0.6 is 0 Å². The van der Waals surface area contributed by atoms with Gasteiger partial charge in [0.2, 0.25) is 5.95 Å². The summed E-state index contributed by atoms with van der Waals surface area (Å²) < 4.78 is 0. The SMILES string of the molecule is O=C(CCC[C@@H]1[C@@H](Nc2nccc(N3CCCCCC3)n2)CCCN1C1CCCCC1)C1(O)CCNCC1. The Morgan fingerprint density at radius 2 is 1.74 bits per heavy atom. The number of nitrogens with one attached hydrogen (secondary N) is 2. The maximum Gasteiger partial charge on any atom is 0.224 e. The second-order valence-corrected chi connectivity index (χ2v) is 12.2. The van der Waals surface area contributed by atoms with Crippen LogP contribution < -0.4 is 15.5 Å². The van der Waals surface area contributed by atoms with Gasteiger partial charge in [-0.2, -0.15) is 4.98 Å². The van der Waals surface area contributed by atoms with E-state index in [1.165, 1.54) is 64.2 Å². The van der Waals surface area contributed by atoms with Crippen LogP contribution in [-0.2, 0) is 4.79 Å². The van der Waals surface area contributed by atoms with Crippen molar-refractivity contribution in [1.82, 2.24) is 20.2 Å². The van der Waals surface area contributed by atoms with E-state index < -0.39 is 5.60 Å². The predicted octanol–water partition coefficient (Wildman–Crippen LogP) is 4.29. The lowest BCUT2D eigenvalue weighted by molar-refractivity contribution is -0.140. The van der Waals surface area contributed by atoms with Crippen LogP contribution in [0.15, 0.2) is 12.3 Å². The molecular formula is C30H50N6O2.